The van der Waals surface area contributed by atoms with Crippen molar-refractivity contribution in [1.29, 1.82) is 0 Å². The van der Waals surface area contributed by atoms with Crippen molar-refractivity contribution >= 4 is 5.91 Å². The highest BCUT2D eigenvalue weighted by atomic mass is 16.5. The van der Waals surface area contributed by atoms with Gasteiger partial charge in [0.25, 0.3) is 0 Å². The maximum Gasteiger partial charge on any atom is 0.220 e. The number of rotatable bonds is 8. The van der Waals surface area contributed by atoms with Gasteiger partial charge < -0.3 is 15.8 Å². The molecule has 0 heterocycles. The predicted molar refractivity (Wildman–Crippen MR) is 57.0 cm³/mol. The maximum atomic E-state index is 11.1. The van der Waals surface area contributed by atoms with Crippen LogP contribution in [0.4, 0.5) is 0 Å². The molecule has 0 saturated carbocycles. The average molecular weight is 202 g/mol. The van der Waals surface area contributed by atoms with Gasteiger partial charge in [-0.25, -0.2) is 0 Å². The van der Waals surface area contributed by atoms with E-state index < -0.39 is 0 Å². The number of hydrogen-bond donors (Lipinski definition) is 2. The van der Waals surface area contributed by atoms with Crippen molar-refractivity contribution in [3.05, 3.63) is 0 Å². The van der Waals surface area contributed by atoms with Gasteiger partial charge in [0.2, 0.25) is 5.91 Å². The minimum atomic E-state index is 0.0589. The molecule has 0 aromatic carbocycles. The zero-order valence-corrected chi connectivity index (χ0v) is 9.21. The highest BCUT2D eigenvalue weighted by Crippen LogP contribution is 1.91. The van der Waals surface area contributed by atoms with E-state index in [1.807, 2.05) is 0 Å². The van der Waals surface area contributed by atoms with Gasteiger partial charge in [-0.1, -0.05) is 13.8 Å². The maximum absolute atomic E-state index is 11.1. The van der Waals surface area contributed by atoms with E-state index in [0.717, 1.165) is 13.0 Å². The Bertz CT molecular complexity index is 149. The second-order valence-electron chi connectivity index (χ2n) is 3.71. The van der Waals surface area contributed by atoms with Crippen molar-refractivity contribution in [2.75, 3.05) is 26.3 Å². The van der Waals surface area contributed by atoms with Crippen LogP contribution < -0.4 is 11.1 Å². The lowest BCUT2D eigenvalue weighted by Crippen LogP contribution is -2.27. The summed E-state index contributed by atoms with van der Waals surface area (Å²) in [5.74, 6) is 0.603. The Morgan fingerprint density at radius 2 is 2.21 bits per heavy atom. The number of carbonyl (C=O) groups excluding carboxylic acids is 1. The number of ether oxygens (including phenoxy) is 1. The molecule has 0 aromatic heterocycles. The fraction of sp³-hybridized carbons (Fsp3) is 0.900. The normalized spacial score (nSPS) is 10.6. The van der Waals surface area contributed by atoms with Crippen LogP contribution in [0, 0.1) is 5.92 Å². The molecule has 0 atom stereocenters. The molecule has 0 saturated heterocycles. The van der Waals surface area contributed by atoms with E-state index in [1.54, 1.807) is 0 Å². The summed E-state index contributed by atoms with van der Waals surface area (Å²) in [4.78, 5) is 11.1. The third kappa shape index (κ3) is 9.48. The highest BCUT2D eigenvalue weighted by Gasteiger charge is 1.99. The van der Waals surface area contributed by atoms with E-state index in [9.17, 15) is 4.79 Å². The van der Waals surface area contributed by atoms with Gasteiger partial charge in [0.15, 0.2) is 0 Å². The van der Waals surface area contributed by atoms with Crippen LogP contribution in [0.1, 0.15) is 26.7 Å². The summed E-state index contributed by atoms with van der Waals surface area (Å²) >= 11 is 0. The van der Waals surface area contributed by atoms with Gasteiger partial charge in [-0.3, -0.25) is 4.79 Å². The first-order chi connectivity index (χ1) is 6.66. The zero-order chi connectivity index (χ0) is 10.8. The largest absolute Gasteiger partial charge is 0.379 e. The Hall–Kier alpha value is -0.610. The zero-order valence-electron chi connectivity index (χ0n) is 9.21. The van der Waals surface area contributed by atoms with Crippen molar-refractivity contribution in [3.8, 4) is 0 Å². The number of nitrogens with one attached hydrogen (secondary N) is 1. The van der Waals surface area contributed by atoms with Gasteiger partial charge in [0, 0.05) is 19.6 Å². The van der Waals surface area contributed by atoms with Crippen LogP contribution >= 0.6 is 0 Å². The van der Waals surface area contributed by atoms with Crippen molar-refractivity contribution in [2.45, 2.75) is 26.7 Å². The van der Waals surface area contributed by atoms with Crippen LogP contribution in [0.15, 0.2) is 0 Å². The standard InChI is InChI=1S/C10H22N2O2/c1-9(2)8-14-7-6-12-10(13)4-3-5-11/h9H,3-8,11H2,1-2H3,(H,12,13). The molecule has 0 fully saturated rings. The van der Waals surface area contributed by atoms with Crippen molar-refractivity contribution in [3.63, 3.8) is 0 Å². The number of amides is 1. The average Bonchev–Trinajstić information content (AvgIpc) is 2.13. The minimum absolute atomic E-state index is 0.0589. The molecule has 0 bridgehead atoms. The van der Waals surface area contributed by atoms with E-state index in [2.05, 4.69) is 19.2 Å². The fourth-order valence-corrected chi connectivity index (χ4v) is 0.933. The van der Waals surface area contributed by atoms with E-state index in [1.165, 1.54) is 0 Å². The van der Waals surface area contributed by atoms with E-state index in [4.69, 9.17) is 10.5 Å². The first-order valence-corrected chi connectivity index (χ1v) is 5.21. The smallest absolute Gasteiger partial charge is 0.220 e. The second kappa shape index (κ2) is 8.97. The van der Waals surface area contributed by atoms with Crippen LogP contribution in [0.3, 0.4) is 0 Å². The first-order valence-electron chi connectivity index (χ1n) is 5.21. The monoisotopic (exact) mass is 202 g/mol. The molecule has 84 valence electrons. The van der Waals surface area contributed by atoms with E-state index >= 15 is 0 Å². The van der Waals surface area contributed by atoms with Crippen LogP contribution in [0.25, 0.3) is 0 Å². The van der Waals surface area contributed by atoms with Crippen molar-refractivity contribution in [1.82, 2.24) is 5.32 Å². The Labute approximate surface area is 86.2 Å². The third-order valence-corrected chi connectivity index (χ3v) is 1.63. The second-order valence-corrected chi connectivity index (χ2v) is 3.71. The van der Waals surface area contributed by atoms with Crippen molar-refractivity contribution in [2.24, 2.45) is 11.7 Å². The molecular weight excluding hydrogens is 180 g/mol. The van der Waals surface area contributed by atoms with Gasteiger partial charge in [0.05, 0.1) is 6.61 Å². The summed E-state index contributed by atoms with van der Waals surface area (Å²) in [5, 5.41) is 2.77. The Morgan fingerprint density at radius 1 is 1.50 bits per heavy atom. The Kier molecular flexibility index (Phi) is 8.57. The first kappa shape index (κ1) is 13.4. The summed E-state index contributed by atoms with van der Waals surface area (Å²) in [6.07, 6.45) is 1.26. The molecule has 4 heteroatoms. The molecule has 0 aromatic rings. The number of nitrogens with two attached hydrogens (primary N) is 1. The minimum Gasteiger partial charge on any atom is -0.379 e. The topological polar surface area (TPSA) is 64.3 Å². The molecule has 1 amide bonds. The quantitative estimate of drug-likeness (QED) is 0.564. The SMILES string of the molecule is CC(C)COCCNC(=O)CCCN. The summed E-state index contributed by atoms with van der Waals surface area (Å²) in [6.45, 7) is 6.69. The van der Waals surface area contributed by atoms with Gasteiger partial charge in [-0.2, -0.15) is 0 Å². The summed E-state index contributed by atoms with van der Waals surface area (Å²) in [7, 11) is 0. The third-order valence-electron chi connectivity index (χ3n) is 1.63. The number of hydrogen-bond acceptors (Lipinski definition) is 3. The number of carbonyl (C=O) groups is 1. The van der Waals surface area contributed by atoms with Crippen LogP contribution in [0.2, 0.25) is 0 Å². The molecule has 0 unspecified atom stereocenters. The van der Waals surface area contributed by atoms with Crippen molar-refractivity contribution < 1.29 is 9.53 Å². The van der Waals surface area contributed by atoms with Gasteiger partial charge in [-0.05, 0) is 18.9 Å². The van der Waals surface area contributed by atoms with Gasteiger partial charge in [-0.15, -0.1) is 0 Å². The molecule has 4 nitrogen and oxygen atoms in total. The summed E-state index contributed by atoms with van der Waals surface area (Å²) in [5.41, 5.74) is 5.28. The molecule has 0 rings (SSSR count). The van der Waals surface area contributed by atoms with Crippen LogP contribution in [0.5, 0.6) is 0 Å². The van der Waals surface area contributed by atoms with Gasteiger partial charge >= 0.3 is 0 Å². The van der Waals surface area contributed by atoms with Gasteiger partial charge in [0.1, 0.15) is 0 Å². The van der Waals surface area contributed by atoms with Crippen LogP contribution in [-0.2, 0) is 9.53 Å². The molecule has 0 aliphatic rings. The predicted octanol–water partition coefficient (Wildman–Crippen LogP) is 0.514. The lowest BCUT2D eigenvalue weighted by Gasteiger charge is -2.07. The highest BCUT2D eigenvalue weighted by molar-refractivity contribution is 5.75. The summed E-state index contributed by atoms with van der Waals surface area (Å²) in [6, 6.07) is 0. The molecule has 0 aliphatic heterocycles. The molecule has 0 spiro atoms. The molecular formula is C10H22N2O2. The Morgan fingerprint density at radius 3 is 2.79 bits per heavy atom. The fourth-order valence-electron chi connectivity index (χ4n) is 0.933. The molecule has 3 N–H and O–H groups in total. The lowest BCUT2D eigenvalue weighted by molar-refractivity contribution is -0.121. The molecule has 14 heavy (non-hydrogen) atoms. The molecule has 0 aliphatic carbocycles. The Balaban J connectivity index is 3.15. The summed E-state index contributed by atoms with van der Waals surface area (Å²) < 4.78 is 5.31. The van der Waals surface area contributed by atoms with E-state index in [-0.39, 0.29) is 5.91 Å². The lowest BCUT2D eigenvalue weighted by atomic mass is 10.2. The van der Waals surface area contributed by atoms with Crippen LogP contribution in [-0.4, -0.2) is 32.2 Å². The van der Waals surface area contributed by atoms with E-state index in [0.29, 0.717) is 32.0 Å². The molecule has 0 radical (unpaired) electrons.